The molecule has 0 amide bonds. The van der Waals surface area contributed by atoms with Crippen molar-refractivity contribution < 1.29 is 4.74 Å². The Balaban J connectivity index is 1.24. The van der Waals surface area contributed by atoms with Crippen molar-refractivity contribution in [1.82, 2.24) is 14.9 Å². The van der Waals surface area contributed by atoms with E-state index in [-0.39, 0.29) is 0 Å². The molecule has 2 aromatic rings. The first kappa shape index (κ1) is 16.3. The van der Waals surface area contributed by atoms with Gasteiger partial charge in [0, 0.05) is 23.3 Å². The fourth-order valence-corrected chi connectivity index (χ4v) is 4.87. The molecule has 2 aromatic heterocycles. The summed E-state index contributed by atoms with van der Waals surface area (Å²) in [4.78, 5) is 12.9. The lowest BCUT2D eigenvalue weighted by Crippen LogP contribution is -2.35. The third kappa shape index (κ3) is 3.73. The average Bonchev–Trinajstić information content (AvgIpc) is 3.17. The molecule has 2 aliphatic rings. The number of fused-ring (bicyclic) bond motifs is 1. The predicted molar refractivity (Wildman–Crippen MR) is 96.9 cm³/mol. The van der Waals surface area contributed by atoms with Gasteiger partial charge in [-0.1, -0.05) is 11.6 Å². The molecule has 0 unspecified atom stereocenters. The van der Waals surface area contributed by atoms with Crippen molar-refractivity contribution in [2.24, 2.45) is 5.92 Å². The molecule has 0 spiro atoms. The highest BCUT2D eigenvalue weighted by Crippen LogP contribution is 2.29. The minimum absolute atomic E-state index is 0.590. The normalized spacial score (nSPS) is 18.7. The first-order valence-corrected chi connectivity index (χ1v) is 9.89. The molecule has 1 saturated heterocycles. The molecule has 1 fully saturated rings. The number of aromatic nitrogens is 2. The number of likely N-dealkylation sites (tertiary alicyclic amines) is 1. The third-order valence-electron chi connectivity index (χ3n) is 4.92. The second kappa shape index (κ2) is 7.38. The summed E-state index contributed by atoms with van der Waals surface area (Å²) in [6.07, 6.45) is 9.41. The van der Waals surface area contributed by atoms with Gasteiger partial charge in [-0.25, -0.2) is 4.98 Å². The molecule has 24 heavy (non-hydrogen) atoms. The Kier molecular flexibility index (Phi) is 5.01. The molecule has 4 nitrogen and oxygen atoms in total. The minimum Gasteiger partial charge on any atom is -0.492 e. The van der Waals surface area contributed by atoms with Crippen molar-refractivity contribution >= 4 is 22.9 Å². The third-order valence-corrected chi connectivity index (χ3v) is 6.34. The molecule has 0 saturated carbocycles. The number of halogens is 1. The molecule has 0 N–H and O–H groups in total. The van der Waals surface area contributed by atoms with Crippen molar-refractivity contribution in [3.63, 3.8) is 0 Å². The number of nitrogens with zero attached hydrogens (tertiary/aromatic N) is 3. The zero-order chi connectivity index (χ0) is 16.4. The number of hydrogen-bond acceptors (Lipinski definition) is 5. The smallest absolute Gasteiger partial charge is 0.141 e. The summed E-state index contributed by atoms with van der Waals surface area (Å²) in [5.74, 6) is 1.35. The average molecular weight is 364 g/mol. The monoisotopic (exact) mass is 363 g/mol. The molecule has 6 heteroatoms. The van der Waals surface area contributed by atoms with Crippen LogP contribution in [0.4, 0.5) is 0 Å². The van der Waals surface area contributed by atoms with Gasteiger partial charge in [-0.3, -0.25) is 9.88 Å². The zero-order valence-corrected chi connectivity index (χ0v) is 15.3. The van der Waals surface area contributed by atoms with Gasteiger partial charge in [-0.15, -0.1) is 11.3 Å². The fourth-order valence-electron chi connectivity index (χ4n) is 3.50. The zero-order valence-electron chi connectivity index (χ0n) is 13.7. The Labute approximate surface area is 151 Å². The fraction of sp³-hybridized carbons (Fsp3) is 0.556. The molecule has 128 valence electrons. The Bertz CT molecular complexity index is 676. The van der Waals surface area contributed by atoms with Crippen molar-refractivity contribution in [3.05, 3.63) is 39.1 Å². The molecule has 0 bridgehead atoms. The lowest BCUT2D eigenvalue weighted by Gasteiger charge is -2.31. The van der Waals surface area contributed by atoms with Gasteiger partial charge in [0.2, 0.25) is 0 Å². The first-order valence-electron chi connectivity index (χ1n) is 8.70. The molecule has 4 rings (SSSR count). The minimum atomic E-state index is 0.590. The summed E-state index contributed by atoms with van der Waals surface area (Å²) < 4.78 is 5.87. The summed E-state index contributed by atoms with van der Waals surface area (Å²) in [6, 6.07) is 1.83. The van der Waals surface area contributed by atoms with E-state index in [9.17, 15) is 0 Å². The lowest BCUT2D eigenvalue weighted by atomic mass is 9.98. The van der Waals surface area contributed by atoms with Gasteiger partial charge in [0.25, 0.3) is 0 Å². The van der Waals surface area contributed by atoms with Crippen molar-refractivity contribution in [3.8, 4) is 5.75 Å². The van der Waals surface area contributed by atoms with Crippen LogP contribution < -0.4 is 4.74 Å². The van der Waals surface area contributed by atoms with Gasteiger partial charge in [-0.05, 0) is 51.1 Å². The topological polar surface area (TPSA) is 38.2 Å². The Morgan fingerprint density at radius 1 is 1.29 bits per heavy atom. The summed E-state index contributed by atoms with van der Waals surface area (Å²) in [6.45, 7) is 4.01. The van der Waals surface area contributed by atoms with Crippen LogP contribution in [0.3, 0.4) is 0 Å². The van der Waals surface area contributed by atoms with Crippen LogP contribution in [0.5, 0.6) is 5.75 Å². The maximum atomic E-state index is 6.09. The molecule has 0 radical (unpaired) electrons. The molecular weight excluding hydrogens is 342 g/mol. The summed E-state index contributed by atoms with van der Waals surface area (Å²) in [5, 5.41) is 1.89. The van der Waals surface area contributed by atoms with Gasteiger partial charge < -0.3 is 4.74 Å². The van der Waals surface area contributed by atoms with E-state index in [4.69, 9.17) is 21.3 Å². The standard InChI is InChI=1S/C18H22ClN3OS/c19-14-10-20-7-4-16(14)23-12-13-5-8-22(9-6-13)11-18-21-15-2-1-3-17(15)24-18/h4,7,10,13H,1-3,5-6,8-9,11-12H2. The number of ether oxygens (including phenoxy) is 1. The van der Waals surface area contributed by atoms with Gasteiger partial charge in [0.15, 0.2) is 0 Å². The maximum absolute atomic E-state index is 6.09. The van der Waals surface area contributed by atoms with Gasteiger partial charge in [0.05, 0.1) is 18.8 Å². The SMILES string of the molecule is Clc1cnccc1OCC1CCN(Cc2nc3c(s2)CCC3)CC1. The van der Waals surface area contributed by atoms with Gasteiger partial charge in [0.1, 0.15) is 15.8 Å². The maximum Gasteiger partial charge on any atom is 0.141 e. The van der Waals surface area contributed by atoms with Crippen LogP contribution in [-0.4, -0.2) is 34.6 Å². The summed E-state index contributed by atoms with van der Waals surface area (Å²) in [5.41, 5.74) is 1.37. The number of thiazole rings is 1. The highest BCUT2D eigenvalue weighted by molar-refractivity contribution is 7.11. The van der Waals surface area contributed by atoms with Crippen LogP contribution in [0.25, 0.3) is 0 Å². The van der Waals surface area contributed by atoms with E-state index in [0.29, 0.717) is 10.9 Å². The second-order valence-corrected chi connectivity index (χ2v) is 8.24. The second-order valence-electron chi connectivity index (χ2n) is 6.67. The van der Waals surface area contributed by atoms with Crippen LogP contribution in [0.1, 0.15) is 34.8 Å². The quantitative estimate of drug-likeness (QED) is 0.805. The van der Waals surface area contributed by atoms with E-state index >= 15 is 0 Å². The van der Waals surface area contributed by atoms with Crippen LogP contribution >= 0.6 is 22.9 Å². The molecule has 0 atom stereocenters. The number of piperidine rings is 1. The molecule has 0 aromatic carbocycles. The Morgan fingerprint density at radius 3 is 2.96 bits per heavy atom. The van der Waals surface area contributed by atoms with Gasteiger partial charge in [-0.2, -0.15) is 0 Å². The Morgan fingerprint density at radius 2 is 2.17 bits per heavy atom. The highest BCUT2D eigenvalue weighted by atomic mass is 35.5. The number of hydrogen-bond donors (Lipinski definition) is 0. The van der Waals surface area contributed by atoms with E-state index in [1.165, 1.54) is 47.7 Å². The van der Waals surface area contributed by atoms with Crippen molar-refractivity contribution in [2.45, 2.75) is 38.6 Å². The molecule has 1 aliphatic heterocycles. The Hall–Kier alpha value is -1.17. The van der Waals surface area contributed by atoms with Gasteiger partial charge >= 0.3 is 0 Å². The number of aryl methyl sites for hydroxylation is 2. The van der Waals surface area contributed by atoms with Crippen LogP contribution in [0, 0.1) is 5.92 Å². The van der Waals surface area contributed by atoms with E-state index in [1.54, 1.807) is 12.4 Å². The van der Waals surface area contributed by atoms with E-state index in [0.717, 1.165) is 32.0 Å². The van der Waals surface area contributed by atoms with Crippen LogP contribution in [0.2, 0.25) is 5.02 Å². The number of pyridine rings is 1. The number of rotatable bonds is 5. The van der Waals surface area contributed by atoms with Crippen LogP contribution in [0.15, 0.2) is 18.5 Å². The van der Waals surface area contributed by atoms with E-state index < -0.39 is 0 Å². The molecular formula is C18H22ClN3OS. The van der Waals surface area contributed by atoms with E-state index in [2.05, 4.69) is 9.88 Å². The summed E-state index contributed by atoms with van der Waals surface area (Å²) in [7, 11) is 0. The van der Waals surface area contributed by atoms with E-state index in [1.807, 2.05) is 17.4 Å². The van der Waals surface area contributed by atoms with Crippen molar-refractivity contribution in [2.75, 3.05) is 19.7 Å². The molecule has 3 heterocycles. The molecule has 1 aliphatic carbocycles. The summed E-state index contributed by atoms with van der Waals surface area (Å²) >= 11 is 8.01. The first-order chi connectivity index (χ1) is 11.8. The highest BCUT2D eigenvalue weighted by Gasteiger charge is 2.22. The lowest BCUT2D eigenvalue weighted by molar-refractivity contribution is 0.136. The predicted octanol–water partition coefficient (Wildman–Crippen LogP) is 3.97. The largest absolute Gasteiger partial charge is 0.492 e. The van der Waals surface area contributed by atoms with Crippen LogP contribution in [-0.2, 0) is 19.4 Å². The van der Waals surface area contributed by atoms with Crippen molar-refractivity contribution in [1.29, 1.82) is 0 Å².